The van der Waals surface area contributed by atoms with Gasteiger partial charge in [-0.05, 0) is 40.5 Å². The van der Waals surface area contributed by atoms with Crippen LogP contribution in [0.1, 0.15) is 40.5 Å². The van der Waals surface area contributed by atoms with Crippen molar-refractivity contribution in [2.75, 3.05) is 7.11 Å². The first-order valence-electron chi connectivity index (χ1n) is 4.69. The molecular weight excluding hydrogens is 166 g/mol. The van der Waals surface area contributed by atoms with Gasteiger partial charge in [-0.1, -0.05) is 0 Å². The molecule has 3 heteroatoms. The largest absolute Gasteiger partial charge is 0.453 e. The Balaban J connectivity index is 2.94. The number of ether oxygens (including phenoxy) is 1. The van der Waals surface area contributed by atoms with Crippen LogP contribution in [0.4, 0.5) is 4.79 Å². The fourth-order valence-electron chi connectivity index (χ4n) is 2.24. The maximum Gasteiger partial charge on any atom is 0.410 e. The summed E-state index contributed by atoms with van der Waals surface area (Å²) in [6.45, 7) is 8.33. The predicted octanol–water partition coefficient (Wildman–Crippen LogP) is 2.41. The topological polar surface area (TPSA) is 29.5 Å². The SMILES string of the molecule is COC(=O)N1C(C)(C)CCC1(C)C. The summed E-state index contributed by atoms with van der Waals surface area (Å²) in [4.78, 5) is 13.4. The molecule has 0 aromatic carbocycles. The molecule has 1 saturated heterocycles. The number of hydrogen-bond acceptors (Lipinski definition) is 2. The van der Waals surface area contributed by atoms with E-state index in [4.69, 9.17) is 4.74 Å². The second kappa shape index (κ2) is 2.89. The molecule has 3 nitrogen and oxygen atoms in total. The average molecular weight is 185 g/mol. The molecule has 0 aromatic rings. The van der Waals surface area contributed by atoms with Crippen LogP contribution in [0.5, 0.6) is 0 Å². The molecule has 1 rings (SSSR count). The molecule has 13 heavy (non-hydrogen) atoms. The summed E-state index contributed by atoms with van der Waals surface area (Å²) in [6.07, 6.45) is 1.86. The molecule has 1 aliphatic heterocycles. The minimum absolute atomic E-state index is 0.0728. The van der Waals surface area contributed by atoms with Crippen molar-refractivity contribution in [3.63, 3.8) is 0 Å². The third-order valence-corrected chi connectivity index (χ3v) is 2.92. The average Bonchev–Trinajstić information content (AvgIpc) is 2.20. The Morgan fingerprint density at radius 3 is 1.85 bits per heavy atom. The zero-order valence-corrected chi connectivity index (χ0v) is 9.18. The van der Waals surface area contributed by atoms with Gasteiger partial charge in [-0.3, -0.25) is 4.90 Å². The van der Waals surface area contributed by atoms with Crippen molar-refractivity contribution in [1.82, 2.24) is 4.90 Å². The number of nitrogens with zero attached hydrogens (tertiary/aromatic N) is 1. The van der Waals surface area contributed by atoms with E-state index >= 15 is 0 Å². The zero-order chi connectivity index (χ0) is 10.3. The van der Waals surface area contributed by atoms with Crippen LogP contribution in [0.2, 0.25) is 0 Å². The van der Waals surface area contributed by atoms with Crippen molar-refractivity contribution in [1.29, 1.82) is 0 Å². The lowest BCUT2D eigenvalue weighted by Gasteiger charge is -2.39. The van der Waals surface area contributed by atoms with E-state index in [2.05, 4.69) is 27.7 Å². The van der Waals surface area contributed by atoms with Gasteiger partial charge in [-0.25, -0.2) is 4.79 Å². The highest BCUT2D eigenvalue weighted by molar-refractivity contribution is 5.70. The van der Waals surface area contributed by atoms with Gasteiger partial charge in [0.05, 0.1) is 7.11 Å². The maximum atomic E-state index is 11.5. The van der Waals surface area contributed by atoms with Gasteiger partial charge in [-0.2, -0.15) is 0 Å². The van der Waals surface area contributed by atoms with Gasteiger partial charge in [0, 0.05) is 11.1 Å². The molecule has 0 atom stereocenters. The Labute approximate surface area is 80.1 Å². The first kappa shape index (κ1) is 10.4. The molecule has 0 saturated carbocycles. The Morgan fingerprint density at radius 1 is 1.15 bits per heavy atom. The molecule has 0 aromatic heterocycles. The number of carbonyl (C=O) groups is 1. The molecule has 1 heterocycles. The van der Waals surface area contributed by atoms with Crippen LogP contribution in [0.15, 0.2) is 0 Å². The fourth-order valence-corrected chi connectivity index (χ4v) is 2.24. The molecule has 0 spiro atoms. The van der Waals surface area contributed by atoms with Crippen LogP contribution in [-0.4, -0.2) is 29.2 Å². The van der Waals surface area contributed by atoms with Crippen LogP contribution in [0.3, 0.4) is 0 Å². The van der Waals surface area contributed by atoms with Crippen LogP contribution in [0, 0.1) is 0 Å². The second-order valence-corrected chi connectivity index (χ2v) is 4.93. The third-order valence-electron chi connectivity index (χ3n) is 2.92. The summed E-state index contributed by atoms with van der Waals surface area (Å²) < 4.78 is 4.79. The Bertz CT molecular complexity index is 205. The number of amides is 1. The lowest BCUT2D eigenvalue weighted by molar-refractivity contribution is 0.0554. The van der Waals surface area contributed by atoms with Crippen LogP contribution in [-0.2, 0) is 4.74 Å². The first-order valence-corrected chi connectivity index (χ1v) is 4.69. The number of likely N-dealkylation sites (tertiary alicyclic amines) is 1. The molecular formula is C10H19NO2. The van der Waals surface area contributed by atoms with Crippen LogP contribution < -0.4 is 0 Å². The number of hydrogen-bond donors (Lipinski definition) is 0. The van der Waals surface area contributed by atoms with Crippen molar-refractivity contribution >= 4 is 6.09 Å². The van der Waals surface area contributed by atoms with Crippen molar-refractivity contribution in [3.05, 3.63) is 0 Å². The summed E-state index contributed by atoms with van der Waals surface area (Å²) in [7, 11) is 1.44. The predicted molar refractivity (Wildman–Crippen MR) is 51.6 cm³/mol. The highest BCUT2D eigenvalue weighted by Gasteiger charge is 2.47. The van der Waals surface area contributed by atoms with Crippen LogP contribution >= 0.6 is 0 Å². The highest BCUT2D eigenvalue weighted by atomic mass is 16.5. The molecule has 1 amide bonds. The quantitative estimate of drug-likeness (QED) is 0.580. The minimum atomic E-state index is -0.215. The lowest BCUT2D eigenvalue weighted by atomic mass is 10.0. The Kier molecular flexibility index (Phi) is 2.30. The molecule has 0 radical (unpaired) electrons. The molecule has 0 aliphatic carbocycles. The van der Waals surface area contributed by atoms with E-state index in [0.29, 0.717) is 0 Å². The maximum absolute atomic E-state index is 11.5. The van der Waals surface area contributed by atoms with E-state index in [-0.39, 0.29) is 17.2 Å². The highest BCUT2D eigenvalue weighted by Crippen LogP contribution is 2.40. The van der Waals surface area contributed by atoms with E-state index < -0.39 is 0 Å². The molecule has 76 valence electrons. The first-order chi connectivity index (χ1) is 5.81. The smallest absolute Gasteiger partial charge is 0.410 e. The van der Waals surface area contributed by atoms with Gasteiger partial charge >= 0.3 is 6.09 Å². The second-order valence-electron chi connectivity index (χ2n) is 4.93. The van der Waals surface area contributed by atoms with Gasteiger partial charge in [0.2, 0.25) is 0 Å². The van der Waals surface area contributed by atoms with E-state index in [0.717, 1.165) is 12.8 Å². The normalized spacial score (nSPS) is 24.5. The zero-order valence-electron chi connectivity index (χ0n) is 9.18. The Hall–Kier alpha value is -0.730. The van der Waals surface area contributed by atoms with E-state index in [1.54, 1.807) is 0 Å². The van der Waals surface area contributed by atoms with Crippen LogP contribution in [0.25, 0.3) is 0 Å². The van der Waals surface area contributed by atoms with Crippen molar-refractivity contribution in [3.8, 4) is 0 Å². The van der Waals surface area contributed by atoms with Crippen molar-refractivity contribution in [2.24, 2.45) is 0 Å². The summed E-state index contributed by atoms with van der Waals surface area (Å²) in [5, 5.41) is 0. The third kappa shape index (κ3) is 1.64. The van der Waals surface area contributed by atoms with Gasteiger partial charge in [0.1, 0.15) is 0 Å². The summed E-state index contributed by atoms with van der Waals surface area (Å²) >= 11 is 0. The van der Waals surface area contributed by atoms with E-state index in [1.165, 1.54) is 7.11 Å². The summed E-state index contributed by atoms with van der Waals surface area (Å²) in [5.41, 5.74) is -0.146. The summed E-state index contributed by atoms with van der Waals surface area (Å²) in [5.74, 6) is 0. The molecule has 0 N–H and O–H groups in total. The number of methoxy groups -OCH3 is 1. The Morgan fingerprint density at radius 2 is 1.54 bits per heavy atom. The molecule has 0 bridgehead atoms. The summed E-state index contributed by atoms with van der Waals surface area (Å²) in [6, 6.07) is 0. The van der Waals surface area contributed by atoms with Gasteiger partial charge < -0.3 is 4.74 Å². The standard InChI is InChI=1S/C10H19NO2/c1-9(2)6-7-10(3,4)11(9)8(12)13-5/h6-7H2,1-5H3. The lowest BCUT2D eigenvalue weighted by Crippen LogP contribution is -2.51. The van der Waals surface area contributed by atoms with E-state index in [9.17, 15) is 4.79 Å². The number of carbonyl (C=O) groups excluding carboxylic acids is 1. The van der Waals surface area contributed by atoms with Crippen molar-refractivity contribution in [2.45, 2.75) is 51.6 Å². The van der Waals surface area contributed by atoms with E-state index in [1.807, 2.05) is 4.90 Å². The van der Waals surface area contributed by atoms with Gasteiger partial charge in [-0.15, -0.1) is 0 Å². The molecule has 0 unspecified atom stereocenters. The van der Waals surface area contributed by atoms with Crippen molar-refractivity contribution < 1.29 is 9.53 Å². The number of rotatable bonds is 0. The monoisotopic (exact) mass is 185 g/mol. The molecule has 1 aliphatic rings. The van der Waals surface area contributed by atoms with Gasteiger partial charge in [0.15, 0.2) is 0 Å². The minimum Gasteiger partial charge on any atom is -0.453 e. The van der Waals surface area contributed by atoms with Gasteiger partial charge in [0.25, 0.3) is 0 Å². The molecule has 1 fully saturated rings. The fraction of sp³-hybridized carbons (Fsp3) is 0.900.